The highest BCUT2D eigenvalue weighted by Crippen LogP contribution is 2.34. The lowest BCUT2D eigenvalue weighted by Crippen LogP contribution is -2.61. The number of alkyl halides is 1. The zero-order chi connectivity index (χ0) is 19.2. The molecule has 0 saturated carbocycles. The number of rotatable bonds is 3. The van der Waals surface area contributed by atoms with Crippen molar-refractivity contribution in [1.82, 2.24) is 4.90 Å². The lowest BCUT2D eigenvalue weighted by molar-refractivity contribution is -0.190. The standard InChI is InChI=1S/C16H15BrFNO6/c1-15(2,3)25-14(23)16(18,13(22)24-4)19-11(20)9-6-5-8(17)7-10(9)12(19)21/h5-7H,1-4H3/t16-/m0/s1. The summed E-state index contributed by atoms with van der Waals surface area (Å²) in [5.41, 5.74) is -1.44. The highest BCUT2D eigenvalue weighted by molar-refractivity contribution is 9.10. The molecule has 1 aromatic carbocycles. The normalized spacial score (nSPS) is 16.3. The molecule has 1 heterocycles. The molecule has 0 spiro atoms. The van der Waals surface area contributed by atoms with Gasteiger partial charge in [-0.25, -0.2) is 14.5 Å². The Hall–Kier alpha value is -2.29. The zero-order valence-corrected chi connectivity index (χ0v) is 15.5. The number of hydrogen-bond donors (Lipinski definition) is 0. The van der Waals surface area contributed by atoms with Crippen LogP contribution in [0.25, 0.3) is 0 Å². The number of imide groups is 1. The molecule has 134 valence electrons. The number of methoxy groups -OCH3 is 1. The topological polar surface area (TPSA) is 90.0 Å². The Morgan fingerprint density at radius 1 is 1.08 bits per heavy atom. The number of ether oxygens (including phenoxy) is 2. The maximum Gasteiger partial charge on any atom is 0.386 e. The van der Waals surface area contributed by atoms with E-state index in [-0.39, 0.29) is 16.0 Å². The minimum absolute atomic E-state index is 0.0655. The summed E-state index contributed by atoms with van der Waals surface area (Å²) in [7, 11) is 0.829. The molecule has 25 heavy (non-hydrogen) atoms. The lowest BCUT2D eigenvalue weighted by atomic mass is 10.1. The highest BCUT2D eigenvalue weighted by Gasteiger charge is 2.63. The van der Waals surface area contributed by atoms with Crippen molar-refractivity contribution < 1.29 is 33.0 Å². The summed E-state index contributed by atoms with van der Waals surface area (Å²) in [5, 5.41) is 0. The van der Waals surface area contributed by atoms with Crippen LogP contribution in [0, 0.1) is 0 Å². The molecule has 1 atom stereocenters. The first-order valence-corrected chi connectivity index (χ1v) is 7.92. The second kappa shape index (κ2) is 6.21. The number of carbonyl (C=O) groups is 4. The molecule has 0 bridgehead atoms. The van der Waals surface area contributed by atoms with Crippen molar-refractivity contribution in [2.45, 2.75) is 32.2 Å². The van der Waals surface area contributed by atoms with E-state index in [4.69, 9.17) is 4.74 Å². The summed E-state index contributed by atoms with van der Waals surface area (Å²) >= 11 is 3.13. The van der Waals surface area contributed by atoms with Crippen LogP contribution in [0.4, 0.5) is 4.39 Å². The summed E-state index contributed by atoms with van der Waals surface area (Å²) < 4.78 is 25.2. The molecule has 0 fully saturated rings. The second-order valence-electron chi connectivity index (χ2n) is 6.25. The van der Waals surface area contributed by atoms with E-state index < -0.39 is 35.1 Å². The van der Waals surface area contributed by atoms with Crippen LogP contribution >= 0.6 is 15.9 Å². The van der Waals surface area contributed by atoms with Crippen LogP contribution in [0.3, 0.4) is 0 Å². The van der Waals surface area contributed by atoms with E-state index in [1.807, 2.05) is 0 Å². The Balaban J connectivity index is 2.57. The summed E-state index contributed by atoms with van der Waals surface area (Å²) in [6.07, 6.45) is 0. The van der Waals surface area contributed by atoms with Gasteiger partial charge in [-0.2, -0.15) is 4.39 Å². The van der Waals surface area contributed by atoms with Crippen molar-refractivity contribution >= 4 is 39.7 Å². The van der Waals surface area contributed by atoms with Gasteiger partial charge < -0.3 is 9.47 Å². The third-order valence-corrected chi connectivity index (χ3v) is 3.78. The second-order valence-corrected chi connectivity index (χ2v) is 7.17. The summed E-state index contributed by atoms with van der Waals surface area (Å²) in [5.74, 6) is -9.44. The van der Waals surface area contributed by atoms with Gasteiger partial charge in [0.15, 0.2) is 0 Å². The summed E-state index contributed by atoms with van der Waals surface area (Å²) in [4.78, 5) is 49.3. The van der Waals surface area contributed by atoms with Gasteiger partial charge in [0.1, 0.15) is 5.60 Å². The Labute approximate surface area is 151 Å². The van der Waals surface area contributed by atoms with Gasteiger partial charge in [-0.15, -0.1) is 0 Å². The number of carbonyl (C=O) groups excluding carboxylic acids is 4. The number of halogens is 2. The van der Waals surface area contributed by atoms with Gasteiger partial charge in [0.2, 0.25) is 0 Å². The monoisotopic (exact) mass is 415 g/mol. The van der Waals surface area contributed by atoms with E-state index in [1.165, 1.54) is 39.0 Å². The SMILES string of the molecule is COC(=O)[C@@](F)(C(=O)OC(C)(C)C)N1C(=O)c2ccc(Br)cc2C1=O. The van der Waals surface area contributed by atoms with Crippen molar-refractivity contribution in [2.24, 2.45) is 0 Å². The molecule has 0 saturated heterocycles. The van der Waals surface area contributed by atoms with Crippen molar-refractivity contribution in [2.75, 3.05) is 7.11 Å². The first kappa shape index (κ1) is 19.0. The first-order chi connectivity index (χ1) is 11.4. The van der Waals surface area contributed by atoms with E-state index in [9.17, 15) is 19.2 Å². The molecule has 0 aliphatic carbocycles. The Morgan fingerprint density at radius 3 is 2.16 bits per heavy atom. The molecular weight excluding hydrogens is 401 g/mol. The average molecular weight is 416 g/mol. The molecule has 0 unspecified atom stereocenters. The smallest absolute Gasteiger partial charge is 0.386 e. The molecule has 0 radical (unpaired) electrons. The lowest BCUT2D eigenvalue weighted by Gasteiger charge is -2.31. The largest absolute Gasteiger partial charge is 0.465 e. The highest BCUT2D eigenvalue weighted by atomic mass is 79.9. The predicted octanol–water partition coefficient (Wildman–Crippen LogP) is 2.23. The van der Waals surface area contributed by atoms with Crippen molar-refractivity contribution in [1.29, 1.82) is 0 Å². The van der Waals surface area contributed by atoms with E-state index in [2.05, 4.69) is 20.7 Å². The number of esters is 2. The van der Waals surface area contributed by atoms with E-state index >= 15 is 4.39 Å². The van der Waals surface area contributed by atoms with Gasteiger partial charge in [0.25, 0.3) is 11.8 Å². The van der Waals surface area contributed by atoms with E-state index in [1.54, 1.807) is 0 Å². The fourth-order valence-electron chi connectivity index (χ4n) is 2.24. The molecule has 1 aromatic rings. The number of amides is 2. The van der Waals surface area contributed by atoms with Gasteiger partial charge >= 0.3 is 17.7 Å². The fourth-order valence-corrected chi connectivity index (χ4v) is 2.60. The predicted molar refractivity (Wildman–Crippen MR) is 86.3 cm³/mol. The van der Waals surface area contributed by atoms with E-state index in [0.717, 1.165) is 7.11 Å². The van der Waals surface area contributed by atoms with Gasteiger partial charge in [-0.1, -0.05) is 15.9 Å². The fraction of sp³-hybridized carbons (Fsp3) is 0.375. The van der Waals surface area contributed by atoms with Gasteiger partial charge in [-0.05, 0) is 39.0 Å². The summed E-state index contributed by atoms with van der Waals surface area (Å²) in [6.45, 7) is 4.34. The van der Waals surface area contributed by atoms with Crippen LogP contribution in [0.5, 0.6) is 0 Å². The Kier molecular flexibility index (Phi) is 4.73. The quantitative estimate of drug-likeness (QED) is 0.325. The van der Waals surface area contributed by atoms with Crippen LogP contribution in [0.1, 0.15) is 41.5 Å². The van der Waals surface area contributed by atoms with Gasteiger partial charge in [0.05, 0.1) is 18.2 Å². The average Bonchev–Trinajstić information content (AvgIpc) is 2.75. The van der Waals surface area contributed by atoms with Crippen molar-refractivity contribution in [3.05, 3.63) is 33.8 Å². The Bertz CT molecular complexity index is 787. The third kappa shape index (κ3) is 3.15. The third-order valence-electron chi connectivity index (χ3n) is 3.28. The zero-order valence-electron chi connectivity index (χ0n) is 13.9. The number of benzene rings is 1. The molecule has 1 aliphatic rings. The maximum atomic E-state index is 15.5. The van der Waals surface area contributed by atoms with Crippen LogP contribution in [0.2, 0.25) is 0 Å². The molecule has 0 aromatic heterocycles. The number of fused-ring (bicyclic) bond motifs is 1. The van der Waals surface area contributed by atoms with Crippen LogP contribution in [0.15, 0.2) is 22.7 Å². The van der Waals surface area contributed by atoms with Gasteiger partial charge in [0, 0.05) is 4.47 Å². The molecule has 1 aliphatic heterocycles. The molecule has 2 rings (SSSR count). The molecule has 0 N–H and O–H groups in total. The Morgan fingerprint density at radius 2 is 1.64 bits per heavy atom. The van der Waals surface area contributed by atoms with Crippen molar-refractivity contribution in [3.63, 3.8) is 0 Å². The maximum absolute atomic E-state index is 15.5. The minimum atomic E-state index is -3.73. The first-order valence-electron chi connectivity index (χ1n) is 7.12. The van der Waals surface area contributed by atoms with Crippen molar-refractivity contribution in [3.8, 4) is 0 Å². The van der Waals surface area contributed by atoms with Gasteiger partial charge in [-0.3, -0.25) is 9.59 Å². The van der Waals surface area contributed by atoms with Crippen LogP contribution in [-0.2, 0) is 19.1 Å². The molecule has 2 amide bonds. The number of hydrogen-bond acceptors (Lipinski definition) is 6. The van der Waals surface area contributed by atoms with Crippen LogP contribution in [-0.4, -0.2) is 47.2 Å². The van der Waals surface area contributed by atoms with Crippen LogP contribution < -0.4 is 0 Å². The molecular formula is C16H15BrFNO6. The minimum Gasteiger partial charge on any atom is -0.465 e. The van der Waals surface area contributed by atoms with E-state index in [0.29, 0.717) is 4.47 Å². The summed E-state index contributed by atoms with van der Waals surface area (Å²) in [6, 6.07) is 4.05. The number of nitrogens with zero attached hydrogens (tertiary/aromatic N) is 1. The molecule has 9 heteroatoms. The molecule has 7 nitrogen and oxygen atoms in total.